The highest BCUT2D eigenvalue weighted by atomic mass is 16.5. The zero-order valence-corrected chi connectivity index (χ0v) is 17.2. The molecular formula is C22H28N2O4. The predicted octanol–water partition coefficient (Wildman–Crippen LogP) is 3.43. The second-order valence-corrected chi connectivity index (χ2v) is 6.98. The SMILES string of the molecule is CCn1c(C)cc(C(=O)COC(=O)CC(NC(C)=O)c2ccc(C)cc2)c1C. The maximum atomic E-state index is 12.5. The first-order valence-electron chi connectivity index (χ1n) is 9.42. The van der Waals surface area contributed by atoms with Gasteiger partial charge in [0, 0.05) is 30.4 Å². The van der Waals surface area contributed by atoms with Crippen LogP contribution in [0.25, 0.3) is 0 Å². The lowest BCUT2D eigenvalue weighted by molar-refractivity contribution is -0.143. The summed E-state index contributed by atoms with van der Waals surface area (Å²) in [5.41, 5.74) is 4.35. The maximum Gasteiger partial charge on any atom is 0.308 e. The van der Waals surface area contributed by atoms with E-state index in [2.05, 4.69) is 5.32 Å². The maximum absolute atomic E-state index is 12.5. The molecule has 0 saturated heterocycles. The van der Waals surface area contributed by atoms with E-state index in [-0.39, 0.29) is 24.7 Å². The van der Waals surface area contributed by atoms with Crippen LogP contribution >= 0.6 is 0 Å². The molecule has 0 aliphatic heterocycles. The summed E-state index contributed by atoms with van der Waals surface area (Å²) in [6.45, 7) is 9.68. The summed E-state index contributed by atoms with van der Waals surface area (Å²) in [4.78, 5) is 36.3. The van der Waals surface area contributed by atoms with Gasteiger partial charge in [-0.05, 0) is 39.3 Å². The lowest BCUT2D eigenvalue weighted by Gasteiger charge is -2.18. The number of carbonyl (C=O) groups is 3. The monoisotopic (exact) mass is 384 g/mol. The molecule has 6 nitrogen and oxygen atoms in total. The average Bonchev–Trinajstić information content (AvgIpc) is 2.93. The first-order valence-corrected chi connectivity index (χ1v) is 9.42. The molecule has 0 aliphatic rings. The zero-order valence-electron chi connectivity index (χ0n) is 17.2. The van der Waals surface area contributed by atoms with Gasteiger partial charge in [0.25, 0.3) is 0 Å². The normalized spacial score (nSPS) is 11.8. The molecule has 0 saturated carbocycles. The van der Waals surface area contributed by atoms with E-state index in [0.717, 1.165) is 29.1 Å². The van der Waals surface area contributed by atoms with Crippen LogP contribution in [0, 0.1) is 20.8 Å². The Balaban J connectivity index is 2.01. The van der Waals surface area contributed by atoms with Gasteiger partial charge >= 0.3 is 5.97 Å². The van der Waals surface area contributed by atoms with Crippen LogP contribution in [0.3, 0.4) is 0 Å². The molecule has 0 bridgehead atoms. The minimum Gasteiger partial charge on any atom is -0.457 e. The summed E-state index contributed by atoms with van der Waals surface area (Å²) in [5, 5.41) is 2.77. The van der Waals surface area contributed by atoms with Crippen molar-refractivity contribution in [3.05, 3.63) is 58.4 Å². The van der Waals surface area contributed by atoms with Gasteiger partial charge in [-0.1, -0.05) is 29.8 Å². The number of aromatic nitrogens is 1. The molecule has 1 unspecified atom stereocenters. The Bertz CT molecular complexity index is 865. The number of hydrogen-bond donors (Lipinski definition) is 1. The fourth-order valence-corrected chi connectivity index (χ4v) is 3.32. The van der Waals surface area contributed by atoms with E-state index in [1.54, 1.807) is 0 Å². The molecule has 1 atom stereocenters. The average molecular weight is 384 g/mol. The number of ether oxygens (including phenoxy) is 1. The molecule has 0 spiro atoms. The Morgan fingerprint density at radius 1 is 1.11 bits per heavy atom. The fraction of sp³-hybridized carbons (Fsp3) is 0.409. The third kappa shape index (κ3) is 5.31. The van der Waals surface area contributed by atoms with Crippen molar-refractivity contribution in [2.45, 2.75) is 53.6 Å². The van der Waals surface area contributed by atoms with Crippen molar-refractivity contribution >= 4 is 17.7 Å². The molecule has 2 aromatic rings. The lowest BCUT2D eigenvalue weighted by Crippen LogP contribution is -2.29. The van der Waals surface area contributed by atoms with Gasteiger partial charge in [0.05, 0.1) is 12.5 Å². The van der Waals surface area contributed by atoms with Crippen LogP contribution in [0.15, 0.2) is 30.3 Å². The number of aryl methyl sites for hydroxylation is 2. The fourth-order valence-electron chi connectivity index (χ4n) is 3.32. The van der Waals surface area contributed by atoms with E-state index in [4.69, 9.17) is 4.74 Å². The lowest BCUT2D eigenvalue weighted by atomic mass is 10.0. The van der Waals surface area contributed by atoms with Crippen LogP contribution < -0.4 is 5.32 Å². The van der Waals surface area contributed by atoms with Crippen molar-refractivity contribution in [1.82, 2.24) is 9.88 Å². The minimum absolute atomic E-state index is 0.0378. The topological polar surface area (TPSA) is 77.4 Å². The number of ketones is 1. The van der Waals surface area contributed by atoms with Gasteiger partial charge < -0.3 is 14.6 Å². The van der Waals surface area contributed by atoms with E-state index >= 15 is 0 Å². The Morgan fingerprint density at radius 3 is 2.29 bits per heavy atom. The molecule has 1 aromatic heterocycles. The van der Waals surface area contributed by atoms with Crippen molar-refractivity contribution in [2.75, 3.05) is 6.61 Å². The molecule has 1 N–H and O–H groups in total. The number of esters is 1. The van der Waals surface area contributed by atoms with Gasteiger partial charge in [0.1, 0.15) is 0 Å². The molecule has 1 aromatic carbocycles. The number of nitrogens with zero attached hydrogens (tertiary/aromatic N) is 1. The summed E-state index contributed by atoms with van der Waals surface area (Å²) in [6.07, 6.45) is -0.0378. The molecule has 28 heavy (non-hydrogen) atoms. The van der Waals surface area contributed by atoms with Gasteiger partial charge in [-0.15, -0.1) is 0 Å². The third-order valence-electron chi connectivity index (χ3n) is 4.78. The van der Waals surface area contributed by atoms with E-state index in [9.17, 15) is 14.4 Å². The molecule has 1 amide bonds. The van der Waals surface area contributed by atoms with Gasteiger partial charge in [-0.25, -0.2) is 0 Å². The minimum atomic E-state index is -0.531. The van der Waals surface area contributed by atoms with Gasteiger partial charge in [-0.3, -0.25) is 14.4 Å². The Labute approximate surface area is 165 Å². The Kier molecular flexibility index (Phi) is 7.15. The number of benzene rings is 1. The molecule has 0 fully saturated rings. The first-order chi connectivity index (χ1) is 13.2. The second kappa shape index (κ2) is 9.35. The van der Waals surface area contributed by atoms with Crippen LogP contribution in [-0.2, 0) is 20.9 Å². The first kappa shape index (κ1) is 21.4. The summed E-state index contributed by atoms with van der Waals surface area (Å²) in [7, 11) is 0. The summed E-state index contributed by atoms with van der Waals surface area (Å²) in [5.74, 6) is -0.994. The van der Waals surface area contributed by atoms with Crippen molar-refractivity contribution in [3.8, 4) is 0 Å². The van der Waals surface area contributed by atoms with Crippen LogP contribution in [-0.4, -0.2) is 28.8 Å². The predicted molar refractivity (Wildman–Crippen MR) is 107 cm³/mol. The largest absolute Gasteiger partial charge is 0.457 e. The standard InChI is InChI=1S/C22H28N2O4/c1-6-24-15(3)11-19(16(24)4)21(26)13-28-22(27)12-20(23-17(5)25)18-9-7-14(2)8-10-18/h7-11,20H,6,12-13H2,1-5H3,(H,23,25). The molecule has 0 radical (unpaired) electrons. The van der Waals surface area contributed by atoms with Gasteiger partial charge in [0.15, 0.2) is 6.61 Å². The number of nitrogens with one attached hydrogen (secondary N) is 1. The van der Waals surface area contributed by atoms with Gasteiger partial charge in [0.2, 0.25) is 11.7 Å². The number of rotatable bonds is 8. The van der Waals surface area contributed by atoms with Crippen LogP contribution in [0.4, 0.5) is 0 Å². The molecule has 0 aliphatic carbocycles. The van der Waals surface area contributed by atoms with Gasteiger partial charge in [-0.2, -0.15) is 0 Å². The second-order valence-electron chi connectivity index (χ2n) is 6.98. The number of hydrogen-bond acceptors (Lipinski definition) is 4. The highest BCUT2D eigenvalue weighted by Gasteiger charge is 2.20. The molecule has 2 rings (SSSR count). The Hall–Kier alpha value is -2.89. The van der Waals surface area contributed by atoms with Crippen molar-refractivity contribution in [2.24, 2.45) is 0 Å². The van der Waals surface area contributed by atoms with Crippen molar-refractivity contribution < 1.29 is 19.1 Å². The quantitative estimate of drug-likeness (QED) is 0.559. The molecule has 150 valence electrons. The molecular weight excluding hydrogens is 356 g/mol. The number of amides is 1. The van der Waals surface area contributed by atoms with E-state index in [1.807, 2.05) is 62.6 Å². The number of carbonyl (C=O) groups excluding carboxylic acids is 3. The molecule has 1 heterocycles. The third-order valence-corrected chi connectivity index (χ3v) is 4.78. The molecule has 6 heteroatoms. The van der Waals surface area contributed by atoms with Crippen LogP contribution in [0.2, 0.25) is 0 Å². The van der Waals surface area contributed by atoms with Crippen LogP contribution in [0.5, 0.6) is 0 Å². The van der Waals surface area contributed by atoms with Crippen molar-refractivity contribution in [3.63, 3.8) is 0 Å². The highest BCUT2D eigenvalue weighted by Crippen LogP contribution is 2.19. The van der Waals surface area contributed by atoms with Crippen LogP contribution in [0.1, 0.15) is 59.2 Å². The van der Waals surface area contributed by atoms with E-state index in [0.29, 0.717) is 5.56 Å². The van der Waals surface area contributed by atoms with Crippen molar-refractivity contribution in [1.29, 1.82) is 0 Å². The van der Waals surface area contributed by atoms with E-state index < -0.39 is 12.0 Å². The smallest absolute Gasteiger partial charge is 0.308 e. The summed E-state index contributed by atoms with van der Waals surface area (Å²) in [6, 6.07) is 8.90. The van der Waals surface area contributed by atoms with E-state index in [1.165, 1.54) is 6.92 Å². The summed E-state index contributed by atoms with van der Waals surface area (Å²) < 4.78 is 7.25. The Morgan fingerprint density at radius 2 is 1.75 bits per heavy atom. The number of Topliss-reactive ketones (excluding diaryl/α,β-unsaturated/α-hetero) is 1. The zero-order chi connectivity index (χ0) is 20.8. The highest BCUT2D eigenvalue weighted by molar-refractivity contribution is 5.99. The summed E-state index contributed by atoms with van der Waals surface area (Å²) >= 11 is 0.